The van der Waals surface area contributed by atoms with E-state index in [1.165, 1.54) is 12.1 Å². The predicted octanol–water partition coefficient (Wildman–Crippen LogP) is 6.24. The second-order valence-electron chi connectivity index (χ2n) is 6.87. The van der Waals surface area contributed by atoms with E-state index in [0.29, 0.717) is 34.2 Å². The maximum Gasteiger partial charge on any atom is 0.142 e. The van der Waals surface area contributed by atoms with Gasteiger partial charge in [-0.1, -0.05) is 35.9 Å². The normalized spacial score (nSPS) is 10.5. The molecule has 0 aliphatic heterocycles. The van der Waals surface area contributed by atoms with Crippen LogP contribution in [0.5, 0.6) is 5.75 Å². The quantitative estimate of drug-likeness (QED) is 0.407. The number of rotatable bonds is 5. The number of nitrogens with two attached hydrogens (primary N) is 1. The smallest absolute Gasteiger partial charge is 0.142 e. The first-order valence-electron chi connectivity index (χ1n) is 9.48. The number of hydrogen-bond acceptors (Lipinski definition) is 4. The monoisotopic (exact) mass is 429 g/mol. The summed E-state index contributed by atoms with van der Waals surface area (Å²) in [5, 5.41) is 10.2. The molecule has 4 nitrogen and oxygen atoms in total. The number of pyridine rings is 1. The summed E-state index contributed by atoms with van der Waals surface area (Å²) in [6, 6.07) is 24.8. The second kappa shape index (κ2) is 8.86. The van der Waals surface area contributed by atoms with Crippen LogP contribution in [0.3, 0.4) is 0 Å². The zero-order chi connectivity index (χ0) is 21.8. The van der Waals surface area contributed by atoms with Crippen molar-refractivity contribution in [1.82, 2.24) is 4.98 Å². The molecule has 0 fully saturated rings. The minimum absolute atomic E-state index is 0.168. The van der Waals surface area contributed by atoms with E-state index >= 15 is 0 Å². The van der Waals surface area contributed by atoms with Crippen LogP contribution in [0.4, 0.5) is 10.2 Å². The van der Waals surface area contributed by atoms with Gasteiger partial charge in [0.2, 0.25) is 0 Å². The first kappa shape index (κ1) is 20.4. The number of aromatic nitrogens is 1. The molecule has 0 amide bonds. The molecule has 0 saturated carbocycles. The molecule has 1 aromatic heterocycles. The Morgan fingerprint density at radius 1 is 0.935 bits per heavy atom. The lowest BCUT2D eigenvalue weighted by molar-refractivity contribution is 0.306. The van der Waals surface area contributed by atoms with E-state index in [9.17, 15) is 9.65 Å². The molecule has 0 aliphatic carbocycles. The maximum absolute atomic E-state index is 13.0. The summed E-state index contributed by atoms with van der Waals surface area (Å²) in [4.78, 5) is 4.40. The Morgan fingerprint density at radius 3 is 2.23 bits per heavy atom. The van der Waals surface area contributed by atoms with Gasteiger partial charge in [0, 0.05) is 16.1 Å². The molecule has 2 N–H and O–H groups in total. The van der Waals surface area contributed by atoms with E-state index in [4.69, 9.17) is 22.1 Å². The zero-order valence-electron chi connectivity index (χ0n) is 16.3. The van der Waals surface area contributed by atoms with Gasteiger partial charge >= 0.3 is 0 Å². The number of ether oxygens (including phenoxy) is 1. The van der Waals surface area contributed by atoms with Crippen molar-refractivity contribution in [3.05, 3.63) is 101 Å². The standard InChI is InChI=1S/C25H17ClFN3O/c26-19-7-3-17(4-8-19)22-13-24(30-25(29)23(22)14-28)18-5-11-21(12-6-18)31-15-16-1-9-20(27)10-2-16/h1-13H,15H2,(H2,29,30). The van der Waals surface area contributed by atoms with E-state index in [1.807, 2.05) is 42.5 Å². The lowest BCUT2D eigenvalue weighted by atomic mass is 9.98. The predicted molar refractivity (Wildman–Crippen MR) is 120 cm³/mol. The molecule has 4 aromatic rings. The Balaban J connectivity index is 1.59. The molecular weight excluding hydrogens is 413 g/mol. The molecule has 0 bridgehead atoms. The van der Waals surface area contributed by atoms with Gasteiger partial charge in [0.05, 0.1) is 5.69 Å². The van der Waals surface area contributed by atoms with E-state index in [1.54, 1.807) is 24.3 Å². The Bertz CT molecular complexity index is 1250. The summed E-state index contributed by atoms with van der Waals surface area (Å²) < 4.78 is 18.8. The highest BCUT2D eigenvalue weighted by molar-refractivity contribution is 6.30. The van der Waals surface area contributed by atoms with Crippen molar-refractivity contribution in [3.63, 3.8) is 0 Å². The fourth-order valence-corrected chi connectivity index (χ4v) is 3.28. The summed E-state index contributed by atoms with van der Waals surface area (Å²) in [7, 11) is 0. The number of nitrogen functional groups attached to an aromatic ring is 1. The molecule has 0 aliphatic rings. The van der Waals surface area contributed by atoms with Crippen molar-refractivity contribution in [1.29, 1.82) is 5.26 Å². The molecule has 0 saturated heterocycles. The van der Waals surface area contributed by atoms with Gasteiger partial charge in [0.25, 0.3) is 0 Å². The topological polar surface area (TPSA) is 71.9 Å². The fourth-order valence-electron chi connectivity index (χ4n) is 3.16. The third-order valence-electron chi connectivity index (χ3n) is 4.78. The molecule has 1 heterocycles. The Morgan fingerprint density at radius 2 is 1.58 bits per heavy atom. The van der Waals surface area contributed by atoms with Crippen LogP contribution in [0.1, 0.15) is 11.1 Å². The summed E-state index contributed by atoms with van der Waals surface area (Å²) in [6.45, 7) is 0.336. The summed E-state index contributed by atoms with van der Waals surface area (Å²) >= 11 is 5.99. The molecular formula is C25H17ClFN3O. The Kier molecular flexibility index (Phi) is 5.83. The molecule has 6 heteroatoms. The molecule has 0 atom stereocenters. The summed E-state index contributed by atoms with van der Waals surface area (Å²) in [6.07, 6.45) is 0. The second-order valence-corrected chi connectivity index (χ2v) is 7.31. The number of nitriles is 1. The largest absolute Gasteiger partial charge is 0.489 e. The highest BCUT2D eigenvalue weighted by Gasteiger charge is 2.13. The molecule has 0 radical (unpaired) electrons. The molecule has 4 rings (SSSR count). The Hall–Kier alpha value is -3.88. The first-order chi connectivity index (χ1) is 15.0. The SMILES string of the molecule is N#Cc1c(-c2ccc(Cl)cc2)cc(-c2ccc(OCc3ccc(F)cc3)cc2)nc1N. The van der Waals surface area contributed by atoms with Crippen LogP contribution in [0.2, 0.25) is 5.02 Å². The van der Waals surface area contributed by atoms with Crippen LogP contribution in [0.25, 0.3) is 22.4 Å². The van der Waals surface area contributed by atoms with Crippen LogP contribution < -0.4 is 10.5 Å². The van der Waals surface area contributed by atoms with Crippen LogP contribution >= 0.6 is 11.6 Å². The highest BCUT2D eigenvalue weighted by Crippen LogP contribution is 2.32. The van der Waals surface area contributed by atoms with Gasteiger partial charge in [-0.3, -0.25) is 0 Å². The number of nitrogens with zero attached hydrogens (tertiary/aromatic N) is 2. The molecule has 31 heavy (non-hydrogen) atoms. The van der Waals surface area contributed by atoms with E-state index in [0.717, 1.165) is 16.7 Å². The van der Waals surface area contributed by atoms with Crippen LogP contribution in [0, 0.1) is 17.1 Å². The fraction of sp³-hybridized carbons (Fsp3) is 0.0400. The molecule has 152 valence electrons. The van der Waals surface area contributed by atoms with Crippen LogP contribution in [0.15, 0.2) is 78.9 Å². The van der Waals surface area contributed by atoms with E-state index in [-0.39, 0.29) is 11.6 Å². The van der Waals surface area contributed by atoms with Gasteiger partial charge in [-0.05, 0) is 65.7 Å². The zero-order valence-corrected chi connectivity index (χ0v) is 17.1. The van der Waals surface area contributed by atoms with Gasteiger partial charge < -0.3 is 10.5 Å². The number of halogens is 2. The lowest BCUT2D eigenvalue weighted by Gasteiger charge is -2.11. The minimum atomic E-state index is -0.278. The van der Waals surface area contributed by atoms with E-state index in [2.05, 4.69) is 11.1 Å². The summed E-state index contributed by atoms with van der Waals surface area (Å²) in [5.41, 5.74) is 10.3. The van der Waals surface area contributed by atoms with Gasteiger partial charge in [-0.15, -0.1) is 0 Å². The van der Waals surface area contributed by atoms with Crippen molar-refractivity contribution in [3.8, 4) is 34.2 Å². The van der Waals surface area contributed by atoms with Crippen LogP contribution in [-0.4, -0.2) is 4.98 Å². The highest BCUT2D eigenvalue weighted by atomic mass is 35.5. The van der Waals surface area contributed by atoms with E-state index < -0.39 is 0 Å². The lowest BCUT2D eigenvalue weighted by Crippen LogP contribution is -2.00. The first-order valence-corrected chi connectivity index (χ1v) is 9.85. The van der Waals surface area contributed by atoms with Gasteiger partial charge in [0.15, 0.2) is 0 Å². The van der Waals surface area contributed by atoms with Crippen molar-refractivity contribution in [2.24, 2.45) is 0 Å². The van der Waals surface area contributed by atoms with Gasteiger partial charge in [-0.2, -0.15) is 5.26 Å². The minimum Gasteiger partial charge on any atom is -0.489 e. The van der Waals surface area contributed by atoms with Crippen molar-refractivity contribution >= 4 is 17.4 Å². The number of benzene rings is 3. The van der Waals surface area contributed by atoms with Gasteiger partial charge in [-0.25, -0.2) is 9.37 Å². The van der Waals surface area contributed by atoms with Gasteiger partial charge in [0.1, 0.15) is 35.6 Å². The number of anilines is 1. The third kappa shape index (κ3) is 4.66. The average Bonchev–Trinajstić information content (AvgIpc) is 2.79. The van der Waals surface area contributed by atoms with Crippen LogP contribution in [-0.2, 0) is 6.61 Å². The molecule has 0 spiro atoms. The average molecular weight is 430 g/mol. The molecule has 3 aromatic carbocycles. The molecule has 0 unspecified atom stereocenters. The van der Waals surface area contributed by atoms with Crippen molar-refractivity contribution in [2.75, 3.05) is 5.73 Å². The third-order valence-corrected chi connectivity index (χ3v) is 5.04. The number of hydrogen-bond donors (Lipinski definition) is 1. The maximum atomic E-state index is 13.0. The van der Waals surface area contributed by atoms with Crippen molar-refractivity contribution in [2.45, 2.75) is 6.61 Å². The summed E-state index contributed by atoms with van der Waals surface area (Å²) in [5.74, 6) is 0.564. The Labute approximate surface area is 184 Å². The van der Waals surface area contributed by atoms with Crippen molar-refractivity contribution < 1.29 is 9.13 Å².